The lowest BCUT2D eigenvalue weighted by Gasteiger charge is -2.15. The Morgan fingerprint density at radius 3 is 2.55 bits per heavy atom. The number of fused-ring (bicyclic) bond motifs is 1. The minimum atomic E-state index is -4.71. The van der Waals surface area contributed by atoms with E-state index >= 15 is 0 Å². The highest BCUT2D eigenvalue weighted by Gasteiger charge is 2.36. The summed E-state index contributed by atoms with van der Waals surface area (Å²) in [6.45, 7) is 2.10. The van der Waals surface area contributed by atoms with Crippen LogP contribution in [0.25, 0.3) is 34.0 Å². The summed E-state index contributed by atoms with van der Waals surface area (Å²) in [6, 6.07) is 9.35. The highest BCUT2D eigenvalue weighted by Crippen LogP contribution is 2.39. The summed E-state index contributed by atoms with van der Waals surface area (Å²) in [5, 5.41) is 7.99. The number of hydrogen-bond acceptors (Lipinski definition) is 8. The van der Waals surface area contributed by atoms with E-state index in [0.717, 1.165) is 17.9 Å². The van der Waals surface area contributed by atoms with Gasteiger partial charge in [0.05, 0.1) is 37.2 Å². The van der Waals surface area contributed by atoms with Crippen molar-refractivity contribution in [2.24, 2.45) is 0 Å². The summed E-state index contributed by atoms with van der Waals surface area (Å²) in [6.07, 6.45) is -1.40. The van der Waals surface area contributed by atoms with Crippen molar-refractivity contribution >= 4 is 5.97 Å². The summed E-state index contributed by atoms with van der Waals surface area (Å²) in [4.78, 5) is 21.4. The van der Waals surface area contributed by atoms with Gasteiger partial charge in [-0.3, -0.25) is 0 Å². The number of benzene rings is 2. The minimum Gasteiger partial charge on any atom is -0.494 e. The van der Waals surface area contributed by atoms with Crippen LogP contribution in [0, 0.1) is 5.82 Å². The third-order valence-corrected chi connectivity index (χ3v) is 5.93. The highest BCUT2D eigenvalue weighted by atomic mass is 19.4. The standard InChI is InChI=1S/C27H21F4N5O4/c1-3-10-39-15-8-9-16(18(11-15)27(29,30)31)20-12-23(40-35-20)24(26(37)38-2)36-14-22-21(13-32-36)33-25(34-22)17-6-4-5-7-19(17)28/h4-9,11-14,24H,3,10H2,1-2H3. The number of hydrogen-bond donors (Lipinski definition) is 0. The van der Waals surface area contributed by atoms with Crippen LogP contribution in [-0.4, -0.2) is 44.6 Å². The Labute approximate surface area is 224 Å². The summed E-state index contributed by atoms with van der Waals surface area (Å²) in [5.74, 6) is -1.29. The van der Waals surface area contributed by atoms with Gasteiger partial charge in [-0.15, -0.1) is 0 Å². The van der Waals surface area contributed by atoms with E-state index in [2.05, 4.69) is 20.2 Å². The predicted molar refractivity (Wildman–Crippen MR) is 133 cm³/mol. The molecule has 0 spiro atoms. The van der Waals surface area contributed by atoms with Crippen LogP contribution in [0.5, 0.6) is 5.75 Å². The smallest absolute Gasteiger partial charge is 0.417 e. The van der Waals surface area contributed by atoms with Crippen molar-refractivity contribution in [3.63, 3.8) is 0 Å². The molecule has 0 fully saturated rings. The molecule has 0 saturated heterocycles. The number of esters is 1. The molecule has 0 saturated carbocycles. The van der Waals surface area contributed by atoms with Crippen molar-refractivity contribution < 1.29 is 36.4 Å². The van der Waals surface area contributed by atoms with Crippen LogP contribution in [-0.2, 0) is 15.7 Å². The number of imidazole rings is 1. The lowest BCUT2D eigenvalue weighted by atomic mass is 10.0. The number of halogens is 4. The SMILES string of the molecule is CCCOc1ccc(-c2cc(C(C(=O)OC)n3cc4nc(-c5ccccc5F)nc-4cn3)on2)c(C(F)(F)F)c1. The number of nitrogens with zero attached hydrogens (tertiary/aromatic N) is 5. The monoisotopic (exact) mass is 555 g/mol. The molecule has 9 nitrogen and oxygen atoms in total. The van der Waals surface area contributed by atoms with Crippen LogP contribution in [0.15, 0.2) is 65.4 Å². The number of ether oxygens (including phenoxy) is 2. The Balaban J connectivity index is 1.53. The normalized spacial score (nSPS) is 12.4. The van der Waals surface area contributed by atoms with Crippen molar-refractivity contribution in [3.05, 3.63) is 78.1 Å². The Kier molecular flexibility index (Phi) is 7.20. The van der Waals surface area contributed by atoms with Crippen molar-refractivity contribution in [1.82, 2.24) is 24.9 Å². The van der Waals surface area contributed by atoms with Crippen LogP contribution in [0.4, 0.5) is 17.6 Å². The first-order valence-corrected chi connectivity index (χ1v) is 12.0. The molecule has 206 valence electrons. The molecule has 1 aromatic heterocycles. The van der Waals surface area contributed by atoms with Crippen LogP contribution in [0.2, 0.25) is 0 Å². The number of carbonyl (C=O) groups is 1. The van der Waals surface area contributed by atoms with Crippen LogP contribution in [0.3, 0.4) is 0 Å². The highest BCUT2D eigenvalue weighted by molar-refractivity contribution is 5.78. The third-order valence-electron chi connectivity index (χ3n) is 5.93. The summed E-state index contributed by atoms with van der Waals surface area (Å²) in [7, 11) is 1.14. The molecular formula is C27H21F4N5O4. The van der Waals surface area contributed by atoms with Gasteiger partial charge in [-0.05, 0) is 36.8 Å². The van der Waals surface area contributed by atoms with Crippen LogP contribution < -0.4 is 4.74 Å². The minimum absolute atomic E-state index is 0.0627. The topological polar surface area (TPSA) is 105 Å². The van der Waals surface area contributed by atoms with Gasteiger partial charge in [0.2, 0.25) is 6.04 Å². The fourth-order valence-corrected chi connectivity index (χ4v) is 4.04. The zero-order valence-electron chi connectivity index (χ0n) is 21.1. The van der Waals surface area contributed by atoms with Gasteiger partial charge in [0.15, 0.2) is 11.6 Å². The van der Waals surface area contributed by atoms with E-state index < -0.39 is 29.6 Å². The molecule has 2 aliphatic rings. The maximum Gasteiger partial charge on any atom is 0.417 e. The largest absolute Gasteiger partial charge is 0.494 e. The molecule has 0 radical (unpaired) electrons. The quantitative estimate of drug-likeness (QED) is 0.175. The molecule has 3 aromatic rings. The lowest BCUT2D eigenvalue weighted by Crippen LogP contribution is -2.23. The summed E-state index contributed by atoms with van der Waals surface area (Å²) >= 11 is 0. The van der Waals surface area contributed by atoms with E-state index in [1.165, 1.54) is 48.8 Å². The molecule has 2 aliphatic heterocycles. The van der Waals surface area contributed by atoms with Crippen LogP contribution in [0.1, 0.15) is 30.7 Å². The number of alkyl halides is 3. The molecule has 1 atom stereocenters. The van der Waals surface area contributed by atoms with Crippen molar-refractivity contribution in [3.8, 4) is 39.8 Å². The summed E-state index contributed by atoms with van der Waals surface area (Å²) < 4.78 is 72.7. The Bertz CT molecular complexity index is 1630. The van der Waals surface area contributed by atoms with E-state index in [1.807, 2.05) is 6.92 Å². The van der Waals surface area contributed by atoms with E-state index in [0.29, 0.717) is 12.1 Å². The molecule has 0 bridgehead atoms. The van der Waals surface area contributed by atoms with E-state index in [4.69, 9.17) is 14.0 Å². The Morgan fingerprint density at radius 1 is 1.05 bits per heavy atom. The molecule has 0 aliphatic carbocycles. The first kappa shape index (κ1) is 26.8. The van der Waals surface area contributed by atoms with Gasteiger partial charge in [0.1, 0.15) is 28.6 Å². The van der Waals surface area contributed by atoms with Gasteiger partial charge in [0.25, 0.3) is 0 Å². The number of aromatic nitrogens is 5. The first-order valence-electron chi connectivity index (χ1n) is 12.0. The molecular weight excluding hydrogens is 534 g/mol. The van der Waals surface area contributed by atoms with Crippen molar-refractivity contribution in [2.75, 3.05) is 13.7 Å². The van der Waals surface area contributed by atoms with Gasteiger partial charge >= 0.3 is 12.1 Å². The van der Waals surface area contributed by atoms with E-state index in [-0.39, 0.29) is 46.5 Å². The second-order valence-electron chi connectivity index (χ2n) is 8.65. The second kappa shape index (κ2) is 10.8. The number of carbonyl (C=O) groups excluding carboxylic acids is 1. The number of rotatable bonds is 8. The van der Waals surface area contributed by atoms with Gasteiger partial charge in [-0.25, -0.2) is 23.8 Å². The molecule has 2 aromatic carbocycles. The van der Waals surface area contributed by atoms with E-state index in [1.54, 1.807) is 6.07 Å². The molecule has 40 heavy (non-hydrogen) atoms. The second-order valence-corrected chi connectivity index (χ2v) is 8.65. The zero-order chi connectivity index (χ0) is 28.4. The zero-order valence-corrected chi connectivity index (χ0v) is 21.1. The Hall–Kier alpha value is -4.81. The van der Waals surface area contributed by atoms with Crippen LogP contribution >= 0.6 is 0 Å². The van der Waals surface area contributed by atoms with Gasteiger partial charge in [-0.1, -0.05) is 24.2 Å². The van der Waals surface area contributed by atoms with E-state index in [9.17, 15) is 22.4 Å². The van der Waals surface area contributed by atoms with Gasteiger partial charge in [-0.2, -0.15) is 18.3 Å². The average Bonchev–Trinajstić information content (AvgIpc) is 3.59. The fraction of sp³-hybridized carbons (Fsp3) is 0.222. The fourth-order valence-electron chi connectivity index (χ4n) is 4.04. The predicted octanol–water partition coefficient (Wildman–Crippen LogP) is 5.81. The third kappa shape index (κ3) is 5.22. The van der Waals surface area contributed by atoms with Crippen molar-refractivity contribution in [1.29, 1.82) is 0 Å². The van der Waals surface area contributed by atoms with Crippen molar-refractivity contribution in [2.45, 2.75) is 25.6 Å². The Morgan fingerprint density at radius 2 is 1.82 bits per heavy atom. The first-order chi connectivity index (χ1) is 19.2. The molecule has 0 amide bonds. The summed E-state index contributed by atoms with van der Waals surface area (Å²) in [5.41, 5.74) is -0.605. The maximum atomic E-state index is 14.2. The maximum absolute atomic E-state index is 14.2. The molecule has 5 rings (SSSR count). The average molecular weight is 555 g/mol. The molecule has 0 N–H and O–H groups in total. The molecule has 1 unspecified atom stereocenters. The lowest BCUT2D eigenvalue weighted by molar-refractivity contribution is -0.144. The number of methoxy groups -OCH3 is 1. The molecule has 13 heteroatoms. The van der Waals surface area contributed by atoms with Gasteiger partial charge < -0.3 is 14.0 Å². The van der Waals surface area contributed by atoms with Gasteiger partial charge in [0, 0.05) is 11.6 Å². The molecule has 3 heterocycles.